The number of hydrogen-bond donors (Lipinski definition) is 1. The van der Waals surface area contributed by atoms with Gasteiger partial charge in [0.2, 0.25) is 0 Å². The van der Waals surface area contributed by atoms with E-state index in [9.17, 15) is 19.7 Å². The van der Waals surface area contributed by atoms with E-state index in [4.69, 9.17) is 4.74 Å². The van der Waals surface area contributed by atoms with Crippen LogP contribution in [0.2, 0.25) is 0 Å². The molecule has 0 radical (unpaired) electrons. The van der Waals surface area contributed by atoms with Crippen LogP contribution >= 0.6 is 0 Å². The smallest absolute Gasteiger partial charge is 0.328 e. The standard InChI is InChI=1S/C11H10N2O5/c14-10(12-9-5-6-18-11(9)15)7-1-3-8(4-2-7)13(16)17/h1-4,9H,5-6H2,(H,12,14). The van der Waals surface area contributed by atoms with Crippen LogP contribution < -0.4 is 5.32 Å². The van der Waals surface area contributed by atoms with Gasteiger partial charge in [0.1, 0.15) is 6.04 Å². The van der Waals surface area contributed by atoms with Crippen LogP contribution in [0, 0.1) is 10.1 Å². The fourth-order valence-electron chi connectivity index (χ4n) is 1.60. The first-order valence-electron chi connectivity index (χ1n) is 5.30. The third-order valence-corrected chi connectivity index (χ3v) is 2.58. The minimum atomic E-state index is -0.632. The fourth-order valence-corrected chi connectivity index (χ4v) is 1.60. The van der Waals surface area contributed by atoms with Crippen molar-refractivity contribution in [3.05, 3.63) is 39.9 Å². The number of cyclic esters (lactones) is 1. The average molecular weight is 250 g/mol. The Bertz CT molecular complexity index is 497. The van der Waals surface area contributed by atoms with Crippen LogP contribution in [0.3, 0.4) is 0 Å². The van der Waals surface area contributed by atoms with Gasteiger partial charge in [-0.3, -0.25) is 14.9 Å². The Morgan fingerprint density at radius 3 is 2.56 bits per heavy atom. The number of carbonyl (C=O) groups excluding carboxylic acids is 2. The lowest BCUT2D eigenvalue weighted by molar-refractivity contribution is -0.384. The Morgan fingerprint density at radius 2 is 2.06 bits per heavy atom. The van der Waals surface area contributed by atoms with E-state index in [0.717, 1.165) is 0 Å². The van der Waals surface area contributed by atoms with Crippen molar-refractivity contribution in [2.45, 2.75) is 12.5 Å². The topological polar surface area (TPSA) is 98.5 Å². The summed E-state index contributed by atoms with van der Waals surface area (Å²) in [6, 6.07) is 4.53. The van der Waals surface area contributed by atoms with E-state index in [1.165, 1.54) is 24.3 Å². The van der Waals surface area contributed by atoms with Crippen LogP contribution in [0.5, 0.6) is 0 Å². The molecular weight excluding hydrogens is 240 g/mol. The van der Waals surface area contributed by atoms with Gasteiger partial charge in [0.15, 0.2) is 0 Å². The number of benzene rings is 1. The Morgan fingerprint density at radius 1 is 1.39 bits per heavy atom. The Hall–Kier alpha value is -2.44. The molecule has 1 amide bonds. The normalized spacial score (nSPS) is 18.2. The molecule has 94 valence electrons. The largest absolute Gasteiger partial charge is 0.464 e. The number of ether oxygens (including phenoxy) is 1. The molecule has 1 aromatic rings. The summed E-state index contributed by atoms with van der Waals surface area (Å²) in [6.45, 7) is 0.296. The minimum Gasteiger partial charge on any atom is -0.464 e. The van der Waals surface area contributed by atoms with Gasteiger partial charge >= 0.3 is 5.97 Å². The molecule has 1 heterocycles. The lowest BCUT2D eigenvalue weighted by Crippen LogP contribution is -2.37. The Labute approximate surface area is 102 Å². The fraction of sp³-hybridized carbons (Fsp3) is 0.273. The predicted molar refractivity (Wildman–Crippen MR) is 59.9 cm³/mol. The van der Waals surface area contributed by atoms with Crippen molar-refractivity contribution in [1.82, 2.24) is 5.32 Å². The summed E-state index contributed by atoms with van der Waals surface area (Å²) in [5, 5.41) is 13.0. The van der Waals surface area contributed by atoms with Crippen LogP contribution in [-0.4, -0.2) is 29.4 Å². The van der Waals surface area contributed by atoms with E-state index in [1.807, 2.05) is 0 Å². The van der Waals surface area contributed by atoms with Gasteiger partial charge in [0.05, 0.1) is 11.5 Å². The van der Waals surface area contributed by atoms with Crippen molar-refractivity contribution in [2.75, 3.05) is 6.61 Å². The molecule has 0 aromatic heterocycles. The summed E-state index contributed by atoms with van der Waals surface area (Å²) < 4.78 is 4.71. The van der Waals surface area contributed by atoms with Crippen molar-refractivity contribution in [3.8, 4) is 0 Å². The second-order valence-electron chi connectivity index (χ2n) is 3.79. The zero-order valence-electron chi connectivity index (χ0n) is 9.29. The van der Waals surface area contributed by atoms with Gasteiger partial charge in [0, 0.05) is 24.1 Å². The second kappa shape index (κ2) is 4.82. The van der Waals surface area contributed by atoms with Gasteiger partial charge in [0.25, 0.3) is 11.6 Å². The number of nitrogens with one attached hydrogen (secondary N) is 1. The molecule has 1 atom stereocenters. The average Bonchev–Trinajstić information content (AvgIpc) is 2.75. The molecule has 2 rings (SSSR count). The van der Waals surface area contributed by atoms with E-state index in [1.54, 1.807) is 0 Å². The number of nitrogens with zero attached hydrogens (tertiary/aromatic N) is 1. The first kappa shape index (κ1) is 12.0. The monoisotopic (exact) mass is 250 g/mol. The number of rotatable bonds is 3. The molecule has 1 fully saturated rings. The number of nitro benzene ring substituents is 1. The van der Waals surface area contributed by atoms with E-state index in [0.29, 0.717) is 13.0 Å². The molecule has 1 aliphatic rings. The molecule has 7 heteroatoms. The molecule has 0 saturated carbocycles. The van der Waals surface area contributed by atoms with Crippen molar-refractivity contribution in [1.29, 1.82) is 0 Å². The highest BCUT2D eigenvalue weighted by Crippen LogP contribution is 2.13. The predicted octanol–water partition coefficient (Wildman–Crippen LogP) is 0.640. The Kier molecular flexibility index (Phi) is 3.22. The maximum absolute atomic E-state index is 11.7. The summed E-state index contributed by atoms with van der Waals surface area (Å²) in [5.74, 6) is -0.904. The highest BCUT2D eigenvalue weighted by Gasteiger charge is 2.28. The minimum absolute atomic E-state index is 0.0909. The summed E-state index contributed by atoms with van der Waals surface area (Å²) >= 11 is 0. The van der Waals surface area contributed by atoms with Crippen molar-refractivity contribution in [2.24, 2.45) is 0 Å². The molecule has 1 saturated heterocycles. The molecule has 0 aliphatic carbocycles. The number of esters is 1. The zero-order valence-corrected chi connectivity index (χ0v) is 9.29. The van der Waals surface area contributed by atoms with Crippen molar-refractivity contribution < 1.29 is 19.2 Å². The molecule has 1 unspecified atom stereocenters. The maximum Gasteiger partial charge on any atom is 0.328 e. The highest BCUT2D eigenvalue weighted by molar-refractivity contribution is 5.97. The quantitative estimate of drug-likeness (QED) is 0.482. The highest BCUT2D eigenvalue weighted by atomic mass is 16.6. The maximum atomic E-state index is 11.7. The van der Waals surface area contributed by atoms with Crippen LogP contribution in [0.4, 0.5) is 5.69 Å². The number of carbonyl (C=O) groups is 2. The van der Waals surface area contributed by atoms with Crippen LogP contribution in [0.1, 0.15) is 16.8 Å². The molecule has 0 bridgehead atoms. The van der Waals surface area contributed by atoms with Crippen LogP contribution in [0.25, 0.3) is 0 Å². The number of hydrogen-bond acceptors (Lipinski definition) is 5. The molecule has 18 heavy (non-hydrogen) atoms. The van der Waals surface area contributed by atoms with Crippen LogP contribution in [-0.2, 0) is 9.53 Å². The zero-order chi connectivity index (χ0) is 13.1. The molecular formula is C11H10N2O5. The summed E-state index contributed by atoms with van der Waals surface area (Å²) in [5.41, 5.74) is 0.173. The number of nitro groups is 1. The lowest BCUT2D eigenvalue weighted by Gasteiger charge is -2.08. The van der Waals surface area contributed by atoms with E-state index in [2.05, 4.69) is 5.32 Å². The van der Waals surface area contributed by atoms with Crippen LogP contribution in [0.15, 0.2) is 24.3 Å². The molecule has 0 spiro atoms. The first-order chi connectivity index (χ1) is 8.58. The van der Waals surface area contributed by atoms with Gasteiger partial charge < -0.3 is 10.1 Å². The molecule has 1 N–H and O–H groups in total. The van der Waals surface area contributed by atoms with E-state index in [-0.39, 0.29) is 11.3 Å². The molecule has 1 aromatic carbocycles. The SMILES string of the molecule is O=C(NC1CCOC1=O)c1ccc([N+](=O)[O-])cc1. The third-order valence-electron chi connectivity index (χ3n) is 2.58. The van der Waals surface area contributed by atoms with E-state index >= 15 is 0 Å². The van der Waals surface area contributed by atoms with Gasteiger partial charge in [-0.2, -0.15) is 0 Å². The van der Waals surface area contributed by atoms with Gasteiger partial charge in [-0.1, -0.05) is 0 Å². The second-order valence-corrected chi connectivity index (χ2v) is 3.79. The summed E-state index contributed by atoms with van der Waals surface area (Å²) in [7, 11) is 0. The first-order valence-corrected chi connectivity index (χ1v) is 5.30. The van der Waals surface area contributed by atoms with Gasteiger partial charge in [-0.25, -0.2) is 4.79 Å². The molecule has 7 nitrogen and oxygen atoms in total. The van der Waals surface area contributed by atoms with Crippen molar-refractivity contribution >= 4 is 17.6 Å². The van der Waals surface area contributed by atoms with Crippen molar-refractivity contribution in [3.63, 3.8) is 0 Å². The summed E-state index contributed by atoms with van der Waals surface area (Å²) in [6.07, 6.45) is 0.442. The molecule has 1 aliphatic heterocycles. The lowest BCUT2D eigenvalue weighted by atomic mass is 10.1. The summed E-state index contributed by atoms with van der Waals surface area (Å²) in [4.78, 5) is 32.8. The number of amides is 1. The third kappa shape index (κ3) is 2.45. The number of non-ortho nitro benzene ring substituents is 1. The Balaban J connectivity index is 2.04. The van der Waals surface area contributed by atoms with Gasteiger partial charge in [-0.05, 0) is 12.1 Å². The van der Waals surface area contributed by atoms with Gasteiger partial charge in [-0.15, -0.1) is 0 Å². The van der Waals surface area contributed by atoms with E-state index < -0.39 is 22.8 Å².